The lowest BCUT2D eigenvalue weighted by Gasteiger charge is -2.36. The smallest absolute Gasteiger partial charge is 0.240 e. The topological polar surface area (TPSA) is 70.3 Å². The van der Waals surface area contributed by atoms with Crippen molar-refractivity contribution >= 4 is 33.3 Å². The third-order valence-corrected chi connectivity index (χ3v) is 5.06. The summed E-state index contributed by atoms with van der Waals surface area (Å²) in [5.41, 5.74) is 2.58. The van der Waals surface area contributed by atoms with Crippen LogP contribution in [0.3, 0.4) is 0 Å². The van der Waals surface area contributed by atoms with Gasteiger partial charge in [0.05, 0.1) is 5.39 Å². The first-order chi connectivity index (χ1) is 10.1. The van der Waals surface area contributed by atoms with E-state index in [0.717, 1.165) is 42.0 Å². The van der Waals surface area contributed by atoms with Gasteiger partial charge in [0.1, 0.15) is 10.6 Å². The Kier molecular flexibility index (Phi) is 3.97. The Balaban J connectivity index is 1.93. The average molecular weight is 306 g/mol. The molecule has 114 valence electrons. The van der Waals surface area contributed by atoms with Crippen molar-refractivity contribution in [1.29, 1.82) is 0 Å². The molecule has 0 aliphatic carbocycles. The van der Waals surface area contributed by atoms with Gasteiger partial charge in [0.2, 0.25) is 5.95 Å². The van der Waals surface area contributed by atoms with E-state index in [1.165, 1.54) is 4.88 Å². The van der Waals surface area contributed by atoms with Gasteiger partial charge in [-0.2, -0.15) is 4.98 Å². The van der Waals surface area contributed by atoms with Crippen molar-refractivity contribution in [1.82, 2.24) is 14.9 Å². The van der Waals surface area contributed by atoms with Crippen LogP contribution < -0.4 is 16.2 Å². The van der Waals surface area contributed by atoms with Gasteiger partial charge >= 0.3 is 0 Å². The SMILES string of the molecule is Cc1cc2c(N3CCC(N(C)C)CC3)nc(NN)nc2s1. The molecule has 1 saturated heterocycles. The fourth-order valence-corrected chi connectivity index (χ4v) is 3.80. The molecule has 3 heterocycles. The minimum atomic E-state index is 0.495. The summed E-state index contributed by atoms with van der Waals surface area (Å²) in [7, 11) is 4.31. The number of thiophene rings is 1. The number of aromatic nitrogens is 2. The maximum Gasteiger partial charge on any atom is 0.240 e. The van der Waals surface area contributed by atoms with Crippen LogP contribution in [0.4, 0.5) is 11.8 Å². The number of nitrogens with one attached hydrogen (secondary N) is 1. The molecule has 1 fully saturated rings. The zero-order valence-corrected chi connectivity index (χ0v) is 13.6. The lowest BCUT2D eigenvalue weighted by Crippen LogP contribution is -2.42. The quantitative estimate of drug-likeness (QED) is 0.666. The van der Waals surface area contributed by atoms with Crippen molar-refractivity contribution in [2.24, 2.45) is 5.84 Å². The van der Waals surface area contributed by atoms with Crippen LogP contribution in [0, 0.1) is 6.92 Å². The third-order valence-electron chi connectivity index (χ3n) is 4.12. The Morgan fingerprint density at radius 2 is 2.05 bits per heavy atom. The van der Waals surface area contributed by atoms with Gasteiger partial charge in [0.25, 0.3) is 0 Å². The Bertz CT molecular complexity index is 630. The Labute approximate surface area is 128 Å². The van der Waals surface area contributed by atoms with Crippen LogP contribution in [0.25, 0.3) is 10.2 Å². The molecule has 0 aromatic carbocycles. The summed E-state index contributed by atoms with van der Waals surface area (Å²) in [4.78, 5) is 16.0. The first-order valence-corrected chi connectivity index (χ1v) is 8.06. The van der Waals surface area contributed by atoms with Crippen LogP contribution in [-0.2, 0) is 0 Å². The van der Waals surface area contributed by atoms with E-state index >= 15 is 0 Å². The fraction of sp³-hybridized carbons (Fsp3) is 0.571. The Morgan fingerprint density at radius 3 is 2.67 bits per heavy atom. The second kappa shape index (κ2) is 5.75. The second-order valence-electron chi connectivity index (χ2n) is 5.77. The Hall–Kier alpha value is -1.44. The predicted molar refractivity (Wildman–Crippen MR) is 88.9 cm³/mol. The largest absolute Gasteiger partial charge is 0.356 e. The van der Waals surface area contributed by atoms with E-state index in [2.05, 4.69) is 52.3 Å². The summed E-state index contributed by atoms with van der Waals surface area (Å²) in [6, 6.07) is 2.84. The van der Waals surface area contributed by atoms with E-state index in [0.29, 0.717) is 12.0 Å². The molecule has 0 bridgehead atoms. The number of hydrazine groups is 1. The highest BCUT2D eigenvalue weighted by atomic mass is 32.1. The van der Waals surface area contributed by atoms with Crippen LogP contribution in [0.2, 0.25) is 0 Å². The van der Waals surface area contributed by atoms with Crippen LogP contribution in [0.5, 0.6) is 0 Å². The number of piperidine rings is 1. The predicted octanol–water partition coefficient (Wildman–Crippen LogP) is 1.82. The minimum absolute atomic E-state index is 0.495. The summed E-state index contributed by atoms with van der Waals surface area (Å²) in [5, 5.41) is 1.14. The molecule has 0 spiro atoms. The molecule has 3 rings (SSSR count). The number of aryl methyl sites for hydroxylation is 1. The number of hydrogen-bond donors (Lipinski definition) is 2. The number of nitrogens with zero attached hydrogens (tertiary/aromatic N) is 4. The standard InChI is InChI=1S/C14H22N6S/c1-9-8-11-12(16-14(18-15)17-13(11)21-9)20-6-4-10(5-7-20)19(2)3/h8,10H,4-7,15H2,1-3H3,(H,16,17,18). The monoisotopic (exact) mass is 306 g/mol. The van der Waals surface area contributed by atoms with Crippen molar-refractivity contribution < 1.29 is 0 Å². The van der Waals surface area contributed by atoms with Crippen molar-refractivity contribution in [3.63, 3.8) is 0 Å². The van der Waals surface area contributed by atoms with Crippen LogP contribution in [-0.4, -0.2) is 48.1 Å². The number of nitrogen functional groups attached to an aromatic ring is 1. The van der Waals surface area contributed by atoms with Gasteiger partial charge in [-0.15, -0.1) is 11.3 Å². The van der Waals surface area contributed by atoms with E-state index in [4.69, 9.17) is 5.84 Å². The molecule has 1 aliphatic rings. The maximum atomic E-state index is 5.51. The summed E-state index contributed by atoms with van der Waals surface area (Å²) in [6.07, 6.45) is 2.32. The first-order valence-electron chi connectivity index (χ1n) is 7.24. The van der Waals surface area contributed by atoms with Crippen LogP contribution >= 0.6 is 11.3 Å². The van der Waals surface area contributed by atoms with Gasteiger partial charge in [-0.1, -0.05) is 0 Å². The van der Waals surface area contributed by atoms with E-state index in [1.807, 2.05) is 0 Å². The molecule has 0 radical (unpaired) electrons. The zero-order valence-electron chi connectivity index (χ0n) is 12.8. The highest BCUT2D eigenvalue weighted by Gasteiger charge is 2.23. The highest BCUT2D eigenvalue weighted by molar-refractivity contribution is 7.18. The molecule has 2 aromatic rings. The molecule has 7 heteroatoms. The molecule has 0 atom stereocenters. The van der Waals surface area contributed by atoms with Gasteiger partial charge in [0, 0.05) is 24.0 Å². The van der Waals surface area contributed by atoms with Gasteiger partial charge < -0.3 is 9.80 Å². The molecule has 0 saturated carbocycles. The van der Waals surface area contributed by atoms with E-state index < -0.39 is 0 Å². The average Bonchev–Trinajstić information content (AvgIpc) is 2.86. The van der Waals surface area contributed by atoms with Crippen molar-refractivity contribution in [2.45, 2.75) is 25.8 Å². The molecule has 0 amide bonds. The molecular formula is C14H22N6S. The van der Waals surface area contributed by atoms with Gasteiger partial charge in [-0.05, 0) is 39.9 Å². The normalized spacial score (nSPS) is 16.9. The summed E-state index contributed by atoms with van der Waals surface area (Å²) < 4.78 is 0. The van der Waals surface area contributed by atoms with E-state index in [-0.39, 0.29) is 0 Å². The molecule has 1 aliphatic heterocycles. The summed E-state index contributed by atoms with van der Waals surface area (Å²) in [6.45, 7) is 4.14. The number of nitrogens with two attached hydrogens (primary N) is 1. The molecule has 6 nitrogen and oxygen atoms in total. The summed E-state index contributed by atoms with van der Waals surface area (Å²) in [5.74, 6) is 7.02. The van der Waals surface area contributed by atoms with Gasteiger partial charge in [-0.25, -0.2) is 10.8 Å². The number of anilines is 2. The summed E-state index contributed by atoms with van der Waals surface area (Å²) >= 11 is 1.68. The Morgan fingerprint density at radius 1 is 1.33 bits per heavy atom. The molecule has 0 unspecified atom stereocenters. The van der Waals surface area contributed by atoms with E-state index in [9.17, 15) is 0 Å². The van der Waals surface area contributed by atoms with E-state index in [1.54, 1.807) is 11.3 Å². The maximum absolute atomic E-state index is 5.51. The molecular weight excluding hydrogens is 284 g/mol. The van der Waals surface area contributed by atoms with Crippen molar-refractivity contribution in [3.8, 4) is 0 Å². The number of hydrogen-bond acceptors (Lipinski definition) is 7. The van der Waals surface area contributed by atoms with Gasteiger partial charge in [-0.3, -0.25) is 5.43 Å². The van der Waals surface area contributed by atoms with Gasteiger partial charge in [0.15, 0.2) is 0 Å². The molecule has 3 N–H and O–H groups in total. The first kappa shape index (κ1) is 14.5. The van der Waals surface area contributed by atoms with Crippen LogP contribution in [0.15, 0.2) is 6.07 Å². The number of fused-ring (bicyclic) bond motifs is 1. The fourth-order valence-electron chi connectivity index (χ4n) is 2.93. The lowest BCUT2D eigenvalue weighted by molar-refractivity contribution is 0.249. The molecule has 2 aromatic heterocycles. The van der Waals surface area contributed by atoms with Crippen LogP contribution in [0.1, 0.15) is 17.7 Å². The van der Waals surface area contributed by atoms with Crippen molar-refractivity contribution in [2.75, 3.05) is 37.5 Å². The highest BCUT2D eigenvalue weighted by Crippen LogP contribution is 2.33. The zero-order chi connectivity index (χ0) is 15.0. The molecule has 21 heavy (non-hydrogen) atoms. The lowest BCUT2D eigenvalue weighted by atomic mass is 10.0. The van der Waals surface area contributed by atoms with Crippen molar-refractivity contribution in [3.05, 3.63) is 10.9 Å². The minimum Gasteiger partial charge on any atom is -0.356 e. The second-order valence-corrected chi connectivity index (χ2v) is 7.01. The third kappa shape index (κ3) is 2.81. The number of rotatable bonds is 3.